The summed E-state index contributed by atoms with van der Waals surface area (Å²) >= 11 is 4.15. The average molecular weight is 394 g/mol. The Balaban J connectivity index is 2.43. The van der Waals surface area contributed by atoms with Crippen LogP contribution < -0.4 is 10.5 Å². The first-order valence-corrected chi connectivity index (χ1v) is 9.07. The third kappa shape index (κ3) is 3.35. The van der Waals surface area contributed by atoms with Gasteiger partial charge in [-0.25, -0.2) is 17.8 Å². The van der Waals surface area contributed by atoms with Crippen molar-refractivity contribution < 1.29 is 12.8 Å². The summed E-state index contributed by atoms with van der Waals surface area (Å²) in [7, 11) is -4.09. The van der Waals surface area contributed by atoms with Crippen LogP contribution in [0.2, 0.25) is 0 Å². The van der Waals surface area contributed by atoms with E-state index in [4.69, 9.17) is 5.73 Å². The van der Waals surface area contributed by atoms with Crippen LogP contribution in [0.3, 0.4) is 0 Å². The van der Waals surface area contributed by atoms with Crippen molar-refractivity contribution in [1.29, 1.82) is 0 Å². The van der Waals surface area contributed by atoms with E-state index in [1.807, 2.05) is 13.8 Å². The number of nitrogens with zero attached hydrogens (tertiary/aromatic N) is 1. The van der Waals surface area contributed by atoms with Gasteiger partial charge in [-0.05, 0) is 41.4 Å². The van der Waals surface area contributed by atoms with E-state index in [2.05, 4.69) is 25.6 Å². The van der Waals surface area contributed by atoms with E-state index < -0.39 is 20.7 Å². The van der Waals surface area contributed by atoms with Gasteiger partial charge < -0.3 is 5.73 Å². The second kappa shape index (κ2) is 5.90. The molecule has 0 atom stereocenters. The molecule has 0 aliphatic heterocycles. The van der Waals surface area contributed by atoms with Gasteiger partial charge in [0.25, 0.3) is 10.0 Å². The van der Waals surface area contributed by atoms with Crippen LogP contribution in [0.5, 0.6) is 0 Å². The van der Waals surface area contributed by atoms with E-state index in [0.29, 0.717) is 6.42 Å². The summed E-state index contributed by atoms with van der Waals surface area (Å²) in [4.78, 5) is 4.58. The summed E-state index contributed by atoms with van der Waals surface area (Å²) in [5.41, 5.74) is 6.52. The molecule has 3 N–H and O–H groups in total. The standard InChI is InChI=1S/C12H13BrFN3O2S2/c1-3-9-6(2)20-12(16-9)17-21(18,19)10-5-7(15)4-8(13)11(10)14/h4-5H,3,15H2,1-2H3,(H,16,17). The molecule has 0 saturated carbocycles. The number of hydrogen-bond acceptors (Lipinski definition) is 5. The number of nitrogen functional groups attached to an aromatic ring is 1. The molecule has 114 valence electrons. The van der Waals surface area contributed by atoms with Gasteiger partial charge in [0, 0.05) is 10.6 Å². The van der Waals surface area contributed by atoms with Crippen LogP contribution in [0.25, 0.3) is 0 Å². The van der Waals surface area contributed by atoms with Crippen molar-refractivity contribution in [3.63, 3.8) is 0 Å². The molecule has 0 aliphatic rings. The minimum absolute atomic E-state index is 0.00700. The van der Waals surface area contributed by atoms with Gasteiger partial charge in [0.05, 0.1) is 10.2 Å². The van der Waals surface area contributed by atoms with Gasteiger partial charge in [-0.15, -0.1) is 11.3 Å². The van der Waals surface area contributed by atoms with Crippen molar-refractivity contribution in [1.82, 2.24) is 4.98 Å². The van der Waals surface area contributed by atoms with Gasteiger partial charge in [-0.2, -0.15) is 0 Å². The lowest BCUT2D eigenvalue weighted by Crippen LogP contribution is -2.15. The highest BCUT2D eigenvalue weighted by molar-refractivity contribution is 9.10. The number of hydrogen-bond donors (Lipinski definition) is 2. The maximum Gasteiger partial charge on any atom is 0.266 e. The molecule has 0 unspecified atom stereocenters. The highest BCUT2D eigenvalue weighted by Gasteiger charge is 2.23. The molecule has 0 spiro atoms. The number of halogens is 2. The Morgan fingerprint density at radius 2 is 2.14 bits per heavy atom. The normalized spacial score (nSPS) is 11.6. The molecular weight excluding hydrogens is 381 g/mol. The third-order valence-electron chi connectivity index (χ3n) is 2.76. The first kappa shape index (κ1) is 16.2. The van der Waals surface area contributed by atoms with Crippen molar-refractivity contribution in [3.8, 4) is 0 Å². The molecule has 2 aromatic rings. The van der Waals surface area contributed by atoms with E-state index >= 15 is 0 Å². The molecule has 21 heavy (non-hydrogen) atoms. The maximum atomic E-state index is 14.0. The van der Waals surface area contributed by atoms with Crippen molar-refractivity contribution >= 4 is 48.1 Å². The summed E-state index contributed by atoms with van der Waals surface area (Å²) in [6.45, 7) is 3.78. The van der Waals surface area contributed by atoms with Crippen molar-refractivity contribution in [2.45, 2.75) is 25.2 Å². The number of anilines is 2. The van der Waals surface area contributed by atoms with Crippen LogP contribution in [-0.4, -0.2) is 13.4 Å². The molecule has 5 nitrogen and oxygen atoms in total. The molecule has 0 saturated heterocycles. The largest absolute Gasteiger partial charge is 0.399 e. The van der Waals surface area contributed by atoms with Gasteiger partial charge in [-0.3, -0.25) is 4.72 Å². The Hall–Kier alpha value is -1.19. The number of sulfonamides is 1. The summed E-state index contributed by atoms with van der Waals surface area (Å²) in [6, 6.07) is 2.38. The first-order chi connectivity index (χ1) is 9.74. The number of rotatable bonds is 4. The second-order valence-electron chi connectivity index (χ2n) is 4.30. The van der Waals surface area contributed by atoms with Gasteiger partial charge >= 0.3 is 0 Å². The molecule has 0 amide bonds. The molecule has 1 heterocycles. The van der Waals surface area contributed by atoms with E-state index in [1.165, 1.54) is 17.4 Å². The first-order valence-electron chi connectivity index (χ1n) is 5.98. The molecule has 1 aromatic carbocycles. The van der Waals surface area contributed by atoms with E-state index in [1.54, 1.807) is 0 Å². The van der Waals surface area contributed by atoms with Crippen LogP contribution in [0.15, 0.2) is 21.5 Å². The van der Waals surface area contributed by atoms with Crippen LogP contribution >= 0.6 is 27.3 Å². The lowest BCUT2D eigenvalue weighted by atomic mass is 10.3. The topological polar surface area (TPSA) is 85.1 Å². The van der Waals surface area contributed by atoms with E-state index in [9.17, 15) is 12.8 Å². The van der Waals surface area contributed by atoms with Gasteiger partial charge in [0.15, 0.2) is 10.9 Å². The summed E-state index contributed by atoms with van der Waals surface area (Å²) in [6.07, 6.45) is 0.697. The maximum absolute atomic E-state index is 14.0. The number of aromatic nitrogens is 1. The third-order valence-corrected chi connectivity index (χ3v) is 5.73. The SMILES string of the molecule is CCc1nc(NS(=O)(=O)c2cc(N)cc(Br)c2F)sc1C. The predicted molar refractivity (Wildman–Crippen MR) is 85.5 cm³/mol. The van der Waals surface area contributed by atoms with Crippen LogP contribution in [0.1, 0.15) is 17.5 Å². The summed E-state index contributed by atoms with van der Waals surface area (Å²) < 4.78 is 40.8. The van der Waals surface area contributed by atoms with E-state index in [-0.39, 0.29) is 15.3 Å². The number of thiazole rings is 1. The Kier molecular flexibility index (Phi) is 4.54. The second-order valence-corrected chi connectivity index (χ2v) is 8.00. The fraction of sp³-hybridized carbons (Fsp3) is 0.250. The molecule has 2 rings (SSSR count). The average Bonchev–Trinajstić information content (AvgIpc) is 2.72. The lowest BCUT2D eigenvalue weighted by molar-refractivity contribution is 0.567. The zero-order valence-corrected chi connectivity index (χ0v) is 14.5. The Bertz CT molecular complexity index is 790. The predicted octanol–water partition coefficient (Wildman–Crippen LogP) is 3.30. The van der Waals surface area contributed by atoms with Crippen LogP contribution in [0.4, 0.5) is 15.2 Å². The number of aryl methyl sites for hydroxylation is 2. The molecule has 0 aliphatic carbocycles. The monoisotopic (exact) mass is 393 g/mol. The zero-order chi connectivity index (χ0) is 15.8. The lowest BCUT2D eigenvalue weighted by Gasteiger charge is -2.08. The highest BCUT2D eigenvalue weighted by Crippen LogP contribution is 2.29. The van der Waals surface area contributed by atoms with E-state index in [0.717, 1.165) is 16.6 Å². The quantitative estimate of drug-likeness (QED) is 0.780. The summed E-state index contributed by atoms with van der Waals surface area (Å²) in [5.74, 6) is -0.888. The molecule has 9 heteroatoms. The number of nitrogens with one attached hydrogen (secondary N) is 1. The Morgan fingerprint density at radius 3 is 2.71 bits per heavy atom. The molecule has 1 aromatic heterocycles. The summed E-state index contributed by atoms with van der Waals surface area (Å²) in [5, 5.41) is 0.210. The molecule has 0 bridgehead atoms. The van der Waals surface area contributed by atoms with Crippen molar-refractivity contribution in [2.75, 3.05) is 10.5 Å². The van der Waals surface area contributed by atoms with Crippen molar-refractivity contribution in [2.24, 2.45) is 0 Å². The smallest absolute Gasteiger partial charge is 0.266 e. The molecular formula is C12H13BrFN3O2S2. The minimum Gasteiger partial charge on any atom is -0.399 e. The van der Waals surface area contributed by atoms with Gasteiger partial charge in [0.1, 0.15) is 4.90 Å². The zero-order valence-electron chi connectivity index (χ0n) is 11.3. The van der Waals surface area contributed by atoms with Gasteiger partial charge in [0.2, 0.25) is 0 Å². The fourth-order valence-corrected chi connectivity index (χ4v) is 4.63. The minimum atomic E-state index is -4.09. The number of nitrogens with two attached hydrogens (primary N) is 1. The van der Waals surface area contributed by atoms with Crippen LogP contribution in [0, 0.1) is 12.7 Å². The fourth-order valence-electron chi connectivity index (χ4n) is 1.75. The van der Waals surface area contributed by atoms with Crippen LogP contribution in [-0.2, 0) is 16.4 Å². The van der Waals surface area contributed by atoms with Gasteiger partial charge in [-0.1, -0.05) is 6.92 Å². The number of benzene rings is 1. The Morgan fingerprint density at radius 1 is 1.48 bits per heavy atom. The highest BCUT2D eigenvalue weighted by atomic mass is 79.9. The molecule has 0 radical (unpaired) electrons. The van der Waals surface area contributed by atoms with Crippen molar-refractivity contribution in [3.05, 3.63) is 33.0 Å². The molecule has 0 fully saturated rings. The Labute approximate surface area is 134 Å².